The van der Waals surface area contributed by atoms with Crippen LogP contribution in [0.2, 0.25) is 0 Å². The van der Waals surface area contributed by atoms with Crippen molar-refractivity contribution >= 4 is 17.1 Å². The van der Waals surface area contributed by atoms with Crippen LogP contribution in [0.4, 0.5) is 4.79 Å². The molecule has 1 aromatic heterocycles. The van der Waals surface area contributed by atoms with Gasteiger partial charge in [-0.1, -0.05) is 36.4 Å². The number of hydrogen-bond acceptors (Lipinski definition) is 4. The van der Waals surface area contributed by atoms with Crippen LogP contribution in [-0.2, 0) is 24.4 Å². The Balaban J connectivity index is 1.27. The lowest BCUT2D eigenvalue weighted by molar-refractivity contribution is 0.0341. The molecule has 30 heavy (non-hydrogen) atoms. The van der Waals surface area contributed by atoms with E-state index in [0.29, 0.717) is 19.6 Å². The number of ether oxygens (including phenoxy) is 1. The number of imidazole rings is 1. The fraction of sp³-hybridized carbons (Fsp3) is 0.391. The Morgan fingerprint density at radius 2 is 1.77 bits per heavy atom. The van der Waals surface area contributed by atoms with Gasteiger partial charge in [0.05, 0.1) is 24.2 Å². The molecule has 7 heteroatoms. The fourth-order valence-electron chi connectivity index (χ4n) is 3.88. The Labute approximate surface area is 177 Å². The number of aromatic nitrogens is 2. The number of morpholine rings is 1. The molecule has 1 saturated heterocycles. The summed E-state index contributed by atoms with van der Waals surface area (Å²) in [6.45, 7) is 8.09. The predicted octanol–water partition coefficient (Wildman–Crippen LogP) is 2.68. The van der Waals surface area contributed by atoms with E-state index in [4.69, 9.17) is 4.74 Å². The molecule has 0 aliphatic carbocycles. The van der Waals surface area contributed by atoms with Crippen LogP contribution in [0.3, 0.4) is 0 Å². The van der Waals surface area contributed by atoms with Crippen molar-refractivity contribution in [3.8, 4) is 0 Å². The van der Waals surface area contributed by atoms with Crippen molar-refractivity contribution in [1.82, 2.24) is 25.1 Å². The van der Waals surface area contributed by atoms with E-state index in [1.807, 2.05) is 31.2 Å². The molecule has 2 aromatic carbocycles. The monoisotopic (exact) mass is 407 g/mol. The lowest BCUT2D eigenvalue weighted by atomic mass is 10.1. The molecule has 4 rings (SSSR count). The number of nitrogens with zero attached hydrogens (tertiary/aromatic N) is 3. The number of nitrogens with one attached hydrogen (secondary N) is 2. The second-order valence-electron chi connectivity index (χ2n) is 7.57. The van der Waals surface area contributed by atoms with Crippen LogP contribution in [0.5, 0.6) is 0 Å². The number of rotatable bonds is 7. The molecule has 0 saturated carbocycles. The van der Waals surface area contributed by atoms with Gasteiger partial charge in [0.2, 0.25) is 0 Å². The van der Waals surface area contributed by atoms with Gasteiger partial charge in [-0.2, -0.15) is 0 Å². The quantitative estimate of drug-likeness (QED) is 0.632. The molecule has 7 nitrogen and oxygen atoms in total. The van der Waals surface area contributed by atoms with E-state index in [1.165, 1.54) is 5.56 Å². The van der Waals surface area contributed by atoms with Crippen LogP contribution in [0.25, 0.3) is 11.0 Å². The van der Waals surface area contributed by atoms with Gasteiger partial charge in [0.15, 0.2) is 0 Å². The average molecular weight is 408 g/mol. The van der Waals surface area contributed by atoms with Crippen molar-refractivity contribution in [2.24, 2.45) is 0 Å². The van der Waals surface area contributed by atoms with E-state index in [9.17, 15) is 4.79 Å². The molecular formula is C23H29N5O2. The Kier molecular flexibility index (Phi) is 6.61. The summed E-state index contributed by atoms with van der Waals surface area (Å²) in [7, 11) is 0. The molecule has 0 unspecified atom stereocenters. The summed E-state index contributed by atoms with van der Waals surface area (Å²) in [6, 6.07) is 16.2. The first-order valence-corrected chi connectivity index (χ1v) is 10.5. The second kappa shape index (κ2) is 9.73. The highest BCUT2D eigenvalue weighted by atomic mass is 16.5. The summed E-state index contributed by atoms with van der Waals surface area (Å²) in [5, 5.41) is 5.95. The molecule has 158 valence electrons. The van der Waals surface area contributed by atoms with Gasteiger partial charge in [-0.15, -0.1) is 0 Å². The molecular weight excluding hydrogens is 378 g/mol. The summed E-state index contributed by atoms with van der Waals surface area (Å²) in [6.07, 6.45) is 0. The first-order valence-electron chi connectivity index (χ1n) is 10.5. The van der Waals surface area contributed by atoms with Crippen LogP contribution >= 0.6 is 0 Å². The maximum Gasteiger partial charge on any atom is 0.315 e. The Morgan fingerprint density at radius 3 is 2.60 bits per heavy atom. The summed E-state index contributed by atoms with van der Waals surface area (Å²) in [5.41, 5.74) is 4.47. The molecule has 0 bridgehead atoms. The van der Waals surface area contributed by atoms with Gasteiger partial charge in [0.25, 0.3) is 0 Å². The number of carbonyl (C=O) groups excluding carboxylic acids is 1. The van der Waals surface area contributed by atoms with Crippen molar-refractivity contribution in [1.29, 1.82) is 0 Å². The standard InChI is InChI=1S/C23H29N5O2/c1-18-26-21-8-4-5-9-22(21)28(18)11-10-24-23(29)25-16-19-6-2-3-7-20(19)17-27-12-14-30-15-13-27/h2-9H,10-17H2,1H3,(H2,24,25,29). The fourth-order valence-corrected chi connectivity index (χ4v) is 3.88. The van der Waals surface area contributed by atoms with E-state index in [-0.39, 0.29) is 6.03 Å². The van der Waals surface area contributed by atoms with E-state index in [1.54, 1.807) is 0 Å². The predicted molar refractivity (Wildman–Crippen MR) is 117 cm³/mol. The third-order valence-electron chi connectivity index (χ3n) is 5.52. The number of urea groups is 1. The zero-order chi connectivity index (χ0) is 20.8. The van der Waals surface area contributed by atoms with E-state index >= 15 is 0 Å². The summed E-state index contributed by atoms with van der Waals surface area (Å²) in [4.78, 5) is 19.3. The maximum absolute atomic E-state index is 12.3. The minimum absolute atomic E-state index is 0.154. The lowest BCUT2D eigenvalue weighted by Gasteiger charge is -2.27. The number of fused-ring (bicyclic) bond motifs is 1. The van der Waals surface area contributed by atoms with E-state index < -0.39 is 0 Å². The van der Waals surface area contributed by atoms with Gasteiger partial charge >= 0.3 is 6.03 Å². The number of hydrogen-bond donors (Lipinski definition) is 2. The van der Waals surface area contributed by atoms with Crippen LogP contribution in [0.1, 0.15) is 17.0 Å². The number of benzene rings is 2. The van der Waals surface area contributed by atoms with Gasteiger partial charge in [0.1, 0.15) is 5.82 Å². The SMILES string of the molecule is Cc1nc2ccccc2n1CCNC(=O)NCc1ccccc1CN1CCOCC1. The van der Waals surface area contributed by atoms with Crippen LogP contribution in [-0.4, -0.2) is 53.3 Å². The summed E-state index contributed by atoms with van der Waals surface area (Å²) >= 11 is 0. The molecule has 2 amide bonds. The van der Waals surface area contributed by atoms with Crippen molar-refractivity contribution in [3.63, 3.8) is 0 Å². The molecule has 1 aliphatic heterocycles. The third kappa shape index (κ3) is 4.98. The number of para-hydroxylation sites is 2. The Bertz CT molecular complexity index is 994. The highest BCUT2D eigenvalue weighted by Crippen LogP contribution is 2.15. The molecule has 1 aliphatic rings. The highest BCUT2D eigenvalue weighted by Gasteiger charge is 2.13. The molecule has 2 N–H and O–H groups in total. The molecule has 1 fully saturated rings. The minimum Gasteiger partial charge on any atom is -0.379 e. The molecule has 0 spiro atoms. The first-order chi connectivity index (χ1) is 14.7. The molecule has 3 aromatic rings. The number of amides is 2. The normalized spacial score (nSPS) is 14.7. The minimum atomic E-state index is -0.154. The largest absolute Gasteiger partial charge is 0.379 e. The molecule has 2 heterocycles. The molecule has 0 radical (unpaired) electrons. The second-order valence-corrected chi connectivity index (χ2v) is 7.57. The van der Waals surface area contributed by atoms with Gasteiger partial charge in [-0.3, -0.25) is 4.90 Å². The van der Waals surface area contributed by atoms with Crippen molar-refractivity contribution in [2.75, 3.05) is 32.8 Å². The summed E-state index contributed by atoms with van der Waals surface area (Å²) in [5.74, 6) is 0.954. The van der Waals surface area contributed by atoms with Crippen molar-refractivity contribution in [2.45, 2.75) is 26.6 Å². The Hall–Kier alpha value is -2.90. The number of carbonyl (C=O) groups is 1. The zero-order valence-electron chi connectivity index (χ0n) is 17.4. The number of aryl methyl sites for hydroxylation is 1. The van der Waals surface area contributed by atoms with Gasteiger partial charge in [-0.25, -0.2) is 9.78 Å². The van der Waals surface area contributed by atoms with Crippen molar-refractivity contribution < 1.29 is 9.53 Å². The zero-order valence-corrected chi connectivity index (χ0v) is 17.4. The average Bonchev–Trinajstić information content (AvgIpc) is 3.09. The van der Waals surface area contributed by atoms with Gasteiger partial charge < -0.3 is 19.9 Å². The smallest absolute Gasteiger partial charge is 0.315 e. The van der Waals surface area contributed by atoms with Gasteiger partial charge in [-0.05, 0) is 30.2 Å². The van der Waals surface area contributed by atoms with Crippen LogP contribution in [0, 0.1) is 6.92 Å². The van der Waals surface area contributed by atoms with E-state index in [2.05, 4.69) is 49.4 Å². The van der Waals surface area contributed by atoms with Crippen LogP contribution < -0.4 is 10.6 Å². The van der Waals surface area contributed by atoms with Crippen LogP contribution in [0.15, 0.2) is 48.5 Å². The summed E-state index contributed by atoms with van der Waals surface area (Å²) < 4.78 is 7.56. The Morgan fingerprint density at radius 1 is 1.03 bits per heavy atom. The lowest BCUT2D eigenvalue weighted by Crippen LogP contribution is -2.38. The third-order valence-corrected chi connectivity index (χ3v) is 5.52. The maximum atomic E-state index is 12.3. The highest BCUT2D eigenvalue weighted by molar-refractivity contribution is 5.76. The first kappa shape index (κ1) is 20.4. The topological polar surface area (TPSA) is 71.4 Å². The van der Waals surface area contributed by atoms with Gasteiger partial charge in [0, 0.05) is 39.3 Å². The van der Waals surface area contributed by atoms with Crippen molar-refractivity contribution in [3.05, 3.63) is 65.5 Å². The molecule has 0 atom stereocenters. The van der Waals surface area contributed by atoms with E-state index in [0.717, 1.165) is 55.3 Å².